The van der Waals surface area contributed by atoms with Gasteiger partial charge in [0.15, 0.2) is 0 Å². The molecule has 0 aliphatic carbocycles. The Bertz CT molecular complexity index is 766. The Labute approximate surface area is 175 Å². The van der Waals surface area contributed by atoms with Gasteiger partial charge in [0, 0.05) is 6.92 Å². The average Bonchev–Trinajstić information content (AvgIpc) is 2.77. The van der Waals surface area contributed by atoms with Crippen LogP contribution in [0, 0.1) is 0 Å². The van der Waals surface area contributed by atoms with Crippen molar-refractivity contribution < 1.29 is 9.53 Å². The number of unbranched alkanes of at least 4 members (excludes halogenated alkanes) is 3. The second-order valence-electron chi connectivity index (χ2n) is 7.29. The molecule has 0 unspecified atom stereocenters. The number of carbonyl (C=O) groups is 1. The van der Waals surface area contributed by atoms with Crippen molar-refractivity contribution in [2.24, 2.45) is 0 Å². The maximum atomic E-state index is 10.9. The van der Waals surface area contributed by atoms with Crippen molar-refractivity contribution in [1.29, 1.82) is 0 Å². The molecule has 0 N–H and O–H groups in total. The molecule has 0 fully saturated rings. The van der Waals surface area contributed by atoms with Gasteiger partial charge in [0.1, 0.15) is 23.2 Å². The van der Waals surface area contributed by atoms with Crippen molar-refractivity contribution in [2.45, 2.75) is 32.6 Å². The number of carbonyl (C=O) groups excluding carboxylic acids is 1. The zero-order chi connectivity index (χ0) is 20.4. The van der Waals surface area contributed by atoms with Crippen LogP contribution in [0.15, 0.2) is 91.0 Å². The number of esters is 1. The summed E-state index contributed by atoms with van der Waals surface area (Å²) in [7, 11) is -1.71. The third-order valence-corrected chi connectivity index (χ3v) is 9.81. The van der Waals surface area contributed by atoms with E-state index in [-0.39, 0.29) is 5.97 Å². The monoisotopic (exact) mass is 405 g/mol. The highest BCUT2D eigenvalue weighted by atomic mass is 31.2. The minimum atomic E-state index is -1.71. The fourth-order valence-electron chi connectivity index (χ4n) is 3.90. The van der Waals surface area contributed by atoms with Crippen LogP contribution in [-0.2, 0) is 9.53 Å². The van der Waals surface area contributed by atoms with E-state index in [0.29, 0.717) is 6.61 Å². The van der Waals surface area contributed by atoms with Crippen LogP contribution in [-0.4, -0.2) is 18.7 Å². The summed E-state index contributed by atoms with van der Waals surface area (Å²) in [5, 5.41) is 4.33. The predicted octanol–water partition coefficient (Wildman–Crippen LogP) is 5.10. The van der Waals surface area contributed by atoms with E-state index in [1.54, 1.807) is 0 Å². The van der Waals surface area contributed by atoms with Gasteiger partial charge in [-0.3, -0.25) is 4.79 Å². The molecule has 0 aliphatic rings. The van der Waals surface area contributed by atoms with E-state index in [4.69, 9.17) is 4.74 Å². The molecule has 3 aromatic carbocycles. The van der Waals surface area contributed by atoms with Gasteiger partial charge in [0.2, 0.25) is 0 Å². The molecule has 29 heavy (non-hydrogen) atoms. The molecule has 0 bridgehead atoms. The van der Waals surface area contributed by atoms with Gasteiger partial charge in [-0.05, 0) is 62.1 Å². The van der Waals surface area contributed by atoms with Crippen molar-refractivity contribution in [2.75, 3.05) is 12.8 Å². The van der Waals surface area contributed by atoms with Crippen LogP contribution in [0.2, 0.25) is 0 Å². The van der Waals surface area contributed by atoms with E-state index in [1.807, 2.05) is 0 Å². The molecule has 0 aliphatic heterocycles. The Morgan fingerprint density at radius 1 is 0.655 bits per heavy atom. The molecule has 3 rings (SSSR count). The molecule has 0 radical (unpaired) electrons. The summed E-state index contributed by atoms with van der Waals surface area (Å²) in [6.07, 6.45) is 5.49. The highest BCUT2D eigenvalue weighted by molar-refractivity contribution is 7.95. The molecule has 0 aromatic heterocycles. The number of hydrogen-bond donors (Lipinski definition) is 0. The van der Waals surface area contributed by atoms with Gasteiger partial charge in [-0.2, -0.15) is 0 Å². The lowest BCUT2D eigenvalue weighted by atomic mass is 10.2. The largest absolute Gasteiger partial charge is 0.466 e. The van der Waals surface area contributed by atoms with Crippen LogP contribution in [0.4, 0.5) is 0 Å². The summed E-state index contributed by atoms with van der Waals surface area (Å²) in [5.41, 5.74) is 0. The summed E-state index contributed by atoms with van der Waals surface area (Å²) in [4.78, 5) is 10.9. The van der Waals surface area contributed by atoms with E-state index < -0.39 is 7.26 Å². The zero-order valence-corrected chi connectivity index (χ0v) is 18.1. The van der Waals surface area contributed by atoms with E-state index in [2.05, 4.69) is 91.0 Å². The van der Waals surface area contributed by atoms with Gasteiger partial charge in [0.05, 0.1) is 12.8 Å². The Morgan fingerprint density at radius 2 is 1.07 bits per heavy atom. The van der Waals surface area contributed by atoms with Crippen LogP contribution in [0.25, 0.3) is 0 Å². The van der Waals surface area contributed by atoms with Crippen molar-refractivity contribution in [1.82, 2.24) is 0 Å². The predicted molar refractivity (Wildman–Crippen MR) is 125 cm³/mol. The van der Waals surface area contributed by atoms with Crippen molar-refractivity contribution in [3.8, 4) is 0 Å². The first-order chi connectivity index (χ1) is 14.2. The highest BCUT2D eigenvalue weighted by Gasteiger charge is 2.44. The maximum Gasteiger partial charge on any atom is 0.302 e. The fourth-order valence-corrected chi connectivity index (χ4v) is 8.31. The van der Waals surface area contributed by atoms with Crippen LogP contribution in [0.5, 0.6) is 0 Å². The Hall–Kier alpha value is -2.44. The van der Waals surface area contributed by atoms with Crippen LogP contribution < -0.4 is 15.9 Å². The fraction of sp³-hybridized carbons (Fsp3) is 0.269. The number of benzene rings is 3. The molecular weight excluding hydrogens is 375 g/mol. The van der Waals surface area contributed by atoms with E-state index in [0.717, 1.165) is 31.8 Å². The quantitative estimate of drug-likeness (QED) is 0.266. The molecule has 0 amide bonds. The smallest absolute Gasteiger partial charge is 0.302 e. The summed E-state index contributed by atoms with van der Waals surface area (Å²) in [6.45, 7) is 2.00. The first kappa shape index (κ1) is 21.3. The molecule has 3 heteroatoms. The maximum absolute atomic E-state index is 10.9. The third-order valence-electron chi connectivity index (χ3n) is 5.28. The average molecular weight is 405 g/mol. The Balaban J connectivity index is 1.86. The second kappa shape index (κ2) is 10.9. The number of rotatable bonds is 10. The molecule has 2 nitrogen and oxygen atoms in total. The Morgan fingerprint density at radius 3 is 1.48 bits per heavy atom. The van der Waals surface area contributed by atoms with Crippen molar-refractivity contribution >= 4 is 29.1 Å². The van der Waals surface area contributed by atoms with Crippen molar-refractivity contribution in [3.63, 3.8) is 0 Å². The number of hydrogen-bond acceptors (Lipinski definition) is 2. The zero-order valence-electron chi connectivity index (χ0n) is 17.2. The summed E-state index contributed by atoms with van der Waals surface area (Å²) in [6, 6.07) is 33.1. The minimum Gasteiger partial charge on any atom is -0.466 e. The second-order valence-corrected chi connectivity index (χ2v) is 10.9. The third kappa shape index (κ3) is 5.55. The van der Waals surface area contributed by atoms with Gasteiger partial charge >= 0.3 is 5.97 Å². The molecule has 0 spiro atoms. The summed E-state index contributed by atoms with van der Waals surface area (Å²) < 4.78 is 5.07. The molecule has 0 atom stereocenters. The van der Waals surface area contributed by atoms with E-state index in [1.165, 1.54) is 22.8 Å². The number of ether oxygens (including phenoxy) is 1. The molecule has 150 valence electrons. The van der Waals surface area contributed by atoms with Gasteiger partial charge in [-0.1, -0.05) is 54.6 Å². The molecule has 0 saturated carbocycles. The standard InChI is InChI=1S/C26H30O2P/c1-23(27)28-21-13-2-3-14-22-29(24-15-7-4-8-16-24,25-17-9-5-10-18-25)26-19-11-6-12-20-26/h4-12,15-20H,2-3,13-14,21-22H2,1H3/q+1. The highest BCUT2D eigenvalue weighted by Crippen LogP contribution is 2.55. The summed E-state index contributed by atoms with van der Waals surface area (Å²) in [5.74, 6) is -0.188. The lowest BCUT2D eigenvalue weighted by molar-refractivity contribution is -0.141. The molecular formula is C26H30O2P+. The lowest BCUT2D eigenvalue weighted by Gasteiger charge is -2.27. The van der Waals surface area contributed by atoms with E-state index >= 15 is 0 Å². The van der Waals surface area contributed by atoms with Gasteiger partial charge in [-0.25, -0.2) is 0 Å². The molecule has 3 aromatic rings. The first-order valence-corrected chi connectivity index (χ1v) is 12.4. The summed E-state index contributed by atoms with van der Waals surface area (Å²) >= 11 is 0. The van der Waals surface area contributed by atoms with Crippen LogP contribution in [0.3, 0.4) is 0 Å². The minimum absolute atomic E-state index is 0.188. The van der Waals surface area contributed by atoms with Crippen LogP contribution >= 0.6 is 7.26 Å². The van der Waals surface area contributed by atoms with Crippen molar-refractivity contribution in [3.05, 3.63) is 91.0 Å². The Kier molecular flexibility index (Phi) is 8.02. The van der Waals surface area contributed by atoms with E-state index in [9.17, 15) is 4.79 Å². The normalized spacial score (nSPS) is 11.2. The SMILES string of the molecule is CC(=O)OCCCCCC[P+](c1ccccc1)(c1ccccc1)c1ccccc1. The molecule has 0 saturated heterocycles. The first-order valence-electron chi connectivity index (χ1n) is 10.4. The molecule has 0 heterocycles. The van der Waals surface area contributed by atoms with Gasteiger partial charge in [0.25, 0.3) is 0 Å². The van der Waals surface area contributed by atoms with Crippen LogP contribution in [0.1, 0.15) is 32.6 Å². The lowest BCUT2D eigenvalue weighted by Crippen LogP contribution is -2.33. The van der Waals surface area contributed by atoms with Gasteiger partial charge in [-0.15, -0.1) is 0 Å². The van der Waals surface area contributed by atoms with Gasteiger partial charge < -0.3 is 4.74 Å². The topological polar surface area (TPSA) is 26.3 Å².